The van der Waals surface area contributed by atoms with E-state index in [0.717, 1.165) is 5.39 Å². The lowest BCUT2D eigenvalue weighted by molar-refractivity contribution is 0.629. The Kier molecular flexibility index (Phi) is 2.22. The van der Waals surface area contributed by atoms with Crippen molar-refractivity contribution in [2.75, 3.05) is 0 Å². The van der Waals surface area contributed by atoms with E-state index in [4.69, 9.17) is 11.6 Å². The number of rotatable bonds is 0. The summed E-state index contributed by atoms with van der Waals surface area (Å²) in [5.41, 5.74) is 0.555. The molecule has 0 N–H and O–H groups in total. The van der Waals surface area contributed by atoms with Crippen molar-refractivity contribution in [2.24, 2.45) is 0 Å². The van der Waals surface area contributed by atoms with Gasteiger partial charge in [-0.1, -0.05) is 11.6 Å². The molecule has 1 heterocycles. The van der Waals surface area contributed by atoms with E-state index in [1.54, 1.807) is 12.1 Å². The van der Waals surface area contributed by atoms with E-state index < -0.39 is 0 Å². The second-order valence-electron chi connectivity index (χ2n) is 2.59. The maximum Gasteiger partial charge on any atom is 0.126 e. The molecule has 0 amide bonds. The standard InChI is InChI=1S/C9H4BrClFN/c10-9-2-1-6-7(11)3-5(12)4-8(6)13-9/h1-4H. The van der Waals surface area contributed by atoms with Crippen LogP contribution in [0, 0.1) is 5.82 Å². The van der Waals surface area contributed by atoms with Crippen molar-refractivity contribution < 1.29 is 4.39 Å². The van der Waals surface area contributed by atoms with Crippen molar-refractivity contribution in [1.82, 2.24) is 4.98 Å². The molecule has 1 aromatic heterocycles. The molecular weight excluding hydrogens is 256 g/mol. The normalized spacial score (nSPS) is 10.7. The molecule has 0 radical (unpaired) electrons. The van der Waals surface area contributed by atoms with E-state index in [1.807, 2.05) is 0 Å². The zero-order chi connectivity index (χ0) is 9.42. The first-order chi connectivity index (χ1) is 6.16. The monoisotopic (exact) mass is 259 g/mol. The Morgan fingerprint density at radius 2 is 2.08 bits per heavy atom. The molecule has 1 nitrogen and oxygen atoms in total. The summed E-state index contributed by atoms with van der Waals surface area (Å²) in [6.45, 7) is 0. The molecule has 0 atom stereocenters. The zero-order valence-electron chi connectivity index (χ0n) is 6.39. The molecule has 0 bridgehead atoms. The first-order valence-corrected chi connectivity index (χ1v) is 4.75. The van der Waals surface area contributed by atoms with Crippen molar-refractivity contribution in [2.45, 2.75) is 0 Å². The summed E-state index contributed by atoms with van der Waals surface area (Å²) in [7, 11) is 0. The van der Waals surface area contributed by atoms with Crippen LogP contribution in [-0.2, 0) is 0 Å². The van der Waals surface area contributed by atoms with Crippen molar-refractivity contribution in [1.29, 1.82) is 0 Å². The maximum absolute atomic E-state index is 12.9. The van der Waals surface area contributed by atoms with Crippen LogP contribution in [0.4, 0.5) is 4.39 Å². The Morgan fingerprint density at radius 3 is 2.85 bits per heavy atom. The maximum atomic E-state index is 12.9. The number of benzene rings is 1. The smallest absolute Gasteiger partial charge is 0.126 e. The highest BCUT2D eigenvalue weighted by atomic mass is 79.9. The number of halogens is 3. The van der Waals surface area contributed by atoms with Crippen LogP contribution in [0.5, 0.6) is 0 Å². The summed E-state index contributed by atoms with van der Waals surface area (Å²) >= 11 is 9.02. The number of aromatic nitrogens is 1. The topological polar surface area (TPSA) is 12.9 Å². The summed E-state index contributed by atoms with van der Waals surface area (Å²) in [5, 5.41) is 1.14. The van der Waals surface area contributed by atoms with E-state index in [9.17, 15) is 4.39 Å². The molecule has 0 saturated heterocycles. The zero-order valence-corrected chi connectivity index (χ0v) is 8.73. The van der Waals surface area contributed by atoms with Crippen molar-refractivity contribution in [3.05, 3.63) is 39.7 Å². The second-order valence-corrected chi connectivity index (χ2v) is 3.81. The quantitative estimate of drug-likeness (QED) is 0.657. The Balaban J connectivity index is 2.86. The SMILES string of the molecule is Fc1cc(Cl)c2ccc(Br)nc2c1. The molecule has 4 heteroatoms. The van der Waals surface area contributed by atoms with Crippen LogP contribution in [-0.4, -0.2) is 4.98 Å². The van der Waals surface area contributed by atoms with Crippen LogP contribution in [0.1, 0.15) is 0 Å². The Hall–Kier alpha value is -0.670. The predicted octanol–water partition coefficient (Wildman–Crippen LogP) is 3.79. The van der Waals surface area contributed by atoms with Gasteiger partial charge in [0.15, 0.2) is 0 Å². The highest BCUT2D eigenvalue weighted by molar-refractivity contribution is 9.10. The fourth-order valence-corrected chi connectivity index (χ4v) is 1.72. The minimum absolute atomic E-state index is 0.372. The lowest BCUT2D eigenvalue weighted by atomic mass is 10.2. The van der Waals surface area contributed by atoms with Crippen LogP contribution >= 0.6 is 27.5 Å². The van der Waals surface area contributed by atoms with E-state index >= 15 is 0 Å². The lowest BCUT2D eigenvalue weighted by Crippen LogP contribution is -1.83. The minimum Gasteiger partial charge on any atom is -0.241 e. The third kappa shape index (κ3) is 1.67. The third-order valence-electron chi connectivity index (χ3n) is 1.69. The van der Waals surface area contributed by atoms with Gasteiger partial charge in [-0.05, 0) is 34.1 Å². The van der Waals surface area contributed by atoms with Crippen molar-refractivity contribution >= 4 is 38.4 Å². The van der Waals surface area contributed by atoms with Gasteiger partial charge in [0.2, 0.25) is 0 Å². The van der Waals surface area contributed by atoms with Gasteiger partial charge in [-0.3, -0.25) is 0 Å². The Morgan fingerprint density at radius 1 is 1.31 bits per heavy atom. The largest absolute Gasteiger partial charge is 0.241 e. The third-order valence-corrected chi connectivity index (χ3v) is 2.44. The molecule has 0 spiro atoms. The van der Waals surface area contributed by atoms with E-state index in [2.05, 4.69) is 20.9 Å². The first kappa shape index (κ1) is 8.91. The molecule has 2 aromatic rings. The van der Waals surface area contributed by atoms with Gasteiger partial charge in [0, 0.05) is 11.5 Å². The lowest BCUT2D eigenvalue weighted by Gasteiger charge is -2.00. The van der Waals surface area contributed by atoms with Crippen molar-refractivity contribution in [3.8, 4) is 0 Å². The summed E-state index contributed by atoms with van der Waals surface area (Å²) < 4.78 is 13.6. The summed E-state index contributed by atoms with van der Waals surface area (Å²) in [5.74, 6) is -0.372. The average Bonchev–Trinajstić information content (AvgIpc) is 2.02. The molecule has 0 unspecified atom stereocenters. The molecule has 0 fully saturated rings. The second kappa shape index (κ2) is 3.24. The summed E-state index contributed by atoms with van der Waals surface area (Å²) in [6.07, 6.45) is 0. The fourth-order valence-electron chi connectivity index (χ4n) is 1.13. The van der Waals surface area contributed by atoms with Gasteiger partial charge >= 0.3 is 0 Å². The van der Waals surface area contributed by atoms with Crippen LogP contribution in [0.3, 0.4) is 0 Å². The average molecular weight is 260 g/mol. The molecule has 13 heavy (non-hydrogen) atoms. The van der Waals surface area contributed by atoms with Gasteiger partial charge in [0.25, 0.3) is 0 Å². The first-order valence-electron chi connectivity index (χ1n) is 3.58. The van der Waals surface area contributed by atoms with E-state index in [0.29, 0.717) is 15.1 Å². The highest BCUT2D eigenvalue weighted by Gasteiger charge is 2.03. The molecular formula is C9H4BrClFN. The van der Waals surface area contributed by atoms with Crippen LogP contribution in [0.2, 0.25) is 5.02 Å². The molecule has 66 valence electrons. The van der Waals surface area contributed by atoms with Gasteiger partial charge < -0.3 is 0 Å². The predicted molar refractivity (Wildman–Crippen MR) is 54.4 cm³/mol. The molecule has 2 rings (SSSR count). The number of hydrogen-bond acceptors (Lipinski definition) is 1. The molecule has 0 aliphatic carbocycles. The van der Waals surface area contributed by atoms with E-state index in [-0.39, 0.29) is 5.82 Å². The van der Waals surface area contributed by atoms with Crippen LogP contribution in [0.15, 0.2) is 28.9 Å². The van der Waals surface area contributed by atoms with E-state index in [1.165, 1.54) is 12.1 Å². The summed E-state index contributed by atoms with van der Waals surface area (Å²) in [4.78, 5) is 4.09. The van der Waals surface area contributed by atoms with Gasteiger partial charge in [-0.15, -0.1) is 0 Å². The molecule has 0 aliphatic heterocycles. The van der Waals surface area contributed by atoms with Crippen LogP contribution in [0.25, 0.3) is 10.9 Å². The van der Waals surface area contributed by atoms with Crippen molar-refractivity contribution in [3.63, 3.8) is 0 Å². The summed E-state index contributed by atoms with van der Waals surface area (Å²) in [6, 6.07) is 6.20. The minimum atomic E-state index is -0.372. The van der Waals surface area contributed by atoms with Crippen LogP contribution < -0.4 is 0 Å². The molecule has 0 saturated carbocycles. The Bertz CT molecular complexity index is 467. The van der Waals surface area contributed by atoms with Gasteiger partial charge in [-0.2, -0.15) is 0 Å². The Labute approximate surface area is 87.7 Å². The van der Waals surface area contributed by atoms with Gasteiger partial charge in [-0.25, -0.2) is 9.37 Å². The number of hydrogen-bond donors (Lipinski definition) is 0. The number of pyridine rings is 1. The fraction of sp³-hybridized carbons (Fsp3) is 0. The number of nitrogens with zero attached hydrogens (tertiary/aromatic N) is 1. The number of fused-ring (bicyclic) bond motifs is 1. The van der Waals surface area contributed by atoms with Gasteiger partial charge in [0.05, 0.1) is 10.5 Å². The van der Waals surface area contributed by atoms with Gasteiger partial charge in [0.1, 0.15) is 10.4 Å². The highest BCUT2D eigenvalue weighted by Crippen LogP contribution is 2.24. The molecule has 0 aliphatic rings. The molecule has 1 aromatic carbocycles.